The third kappa shape index (κ3) is 2.03. The summed E-state index contributed by atoms with van der Waals surface area (Å²) in [5.41, 5.74) is 0.202. The summed E-state index contributed by atoms with van der Waals surface area (Å²) in [6, 6.07) is 3.80. The summed E-state index contributed by atoms with van der Waals surface area (Å²) in [5, 5.41) is 12.8. The van der Waals surface area contributed by atoms with Crippen LogP contribution in [0.5, 0.6) is 5.75 Å². The van der Waals surface area contributed by atoms with Crippen molar-refractivity contribution >= 4 is 0 Å². The number of halogens is 1. The van der Waals surface area contributed by atoms with E-state index in [-0.39, 0.29) is 17.2 Å². The number of nitrogens with zero attached hydrogens (tertiary/aromatic N) is 2. The van der Waals surface area contributed by atoms with E-state index in [1.807, 2.05) is 6.92 Å². The number of aromatic nitrogens is 2. The largest absolute Gasteiger partial charge is 0.508 e. The van der Waals surface area contributed by atoms with Gasteiger partial charge < -0.3 is 9.63 Å². The summed E-state index contributed by atoms with van der Waals surface area (Å²) in [5.74, 6) is -0.00725. The van der Waals surface area contributed by atoms with Gasteiger partial charge in [-0.2, -0.15) is 4.98 Å². The van der Waals surface area contributed by atoms with E-state index >= 15 is 0 Å². The average molecular weight is 222 g/mol. The van der Waals surface area contributed by atoms with Crippen molar-refractivity contribution in [3.05, 3.63) is 29.8 Å². The van der Waals surface area contributed by atoms with Crippen molar-refractivity contribution < 1.29 is 14.0 Å². The van der Waals surface area contributed by atoms with E-state index < -0.39 is 5.82 Å². The van der Waals surface area contributed by atoms with Gasteiger partial charge in [0.25, 0.3) is 5.89 Å². The van der Waals surface area contributed by atoms with Crippen LogP contribution in [0.2, 0.25) is 0 Å². The van der Waals surface area contributed by atoms with Crippen molar-refractivity contribution in [3.63, 3.8) is 0 Å². The lowest BCUT2D eigenvalue weighted by molar-refractivity contribution is 0.419. The first-order valence-electron chi connectivity index (χ1n) is 5.02. The molecule has 2 aromatic rings. The van der Waals surface area contributed by atoms with E-state index in [9.17, 15) is 4.39 Å². The highest BCUT2D eigenvalue weighted by Crippen LogP contribution is 2.24. The second-order valence-corrected chi connectivity index (χ2v) is 3.43. The van der Waals surface area contributed by atoms with Gasteiger partial charge in [0.15, 0.2) is 5.82 Å². The Labute approximate surface area is 91.7 Å². The first-order chi connectivity index (χ1) is 7.70. The van der Waals surface area contributed by atoms with Gasteiger partial charge in [-0.25, -0.2) is 4.39 Å². The number of benzene rings is 1. The maximum Gasteiger partial charge on any atom is 0.260 e. The molecular weight excluding hydrogens is 211 g/mol. The monoisotopic (exact) mass is 222 g/mol. The lowest BCUT2D eigenvalue weighted by Crippen LogP contribution is -1.87. The number of aryl methyl sites for hydroxylation is 1. The molecule has 1 heterocycles. The highest BCUT2D eigenvalue weighted by atomic mass is 19.1. The Morgan fingerprint density at radius 1 is 1.44 bits per heavy atom. The molecule has 84 valence electrons. The van der Waals surface area contributed by atoms with Crippen LogP contribution in [0.1, 0.15) is 19.2 Å². The molecule has 0 aliphatic rings. The molecule has 2 rings (SSSR count). The molecule has 0 bridgehead atoms. The van der Waals surface area contributed by atoms with Gasteiger partial charge in [0.1, 0.15) is 11.6 Å². The van der Waals surface area contributed by atoms with E-state index in [4.69, 9.17) is 9.63 Å². The molecule has 0 atom stereocenters. The minimum absolute atomic E-state index is 0.130. The van der Waals surface area contributed by atoms with Crippen molar-refractivity contribution in [1.29, 1.82) is 0 Å². The van der Waals surface area contributed by atoms with Crippen LogP contribution in [-0.4, -0.2) is 15.2 Å². The topological polar surface area (TPSA) is 59.2 Å². The van der Waals surface area contributed by atoms with E-state index in [1.165, 1.54) is 12.1 Å². The maximum absolute atomic E-state index is 13.4. The molecule has 1 N–H and O–H groups in total. The van der Waals surface area contributed by atoms with Crippen molar-refractivity contribution in [2.24, 2.45) is 0 Å². The zero-order valence-electron chi connectivity index (χ0n) is 8.77. The molecule has 0 unspecified atom stereocenters. The van der Waals surface area contributed by atoms with E-state index in [2.05, 4.69) is 10.1 Å². The second-order valence-electron chi connectivity index (χ2n) is 3.43. The van der Waals surface area contributed by atoms with E-state index in [1.54, 1.807) is 0 Å². The highest BCUT2D eigenvalue weighted by molar-refractivity contribution is 5.55. The zero-order chi connectivity index (χ0) is 11.5. The Bertz CT molecular complexity index is 496. The molecule has 0 aliphatic heterocycles. The smallest absolute Gasteiger partial charge is 0.260 e. The minimum atomic E-state index is -0.577. The third-order valence-corrected chi connectivity index (χ3v) is 2.12. The Kier molecular flexibility index (Phi) is 2.85. The minimum Gasteiger partial charge on any atom is -0.508 e. The number of hydrogen-bond acceptors (Lipinski definition) is 4. The van der Waals surface area contributed by atoms with Crippen LogP contribution < -0.4 is 0 Å². The van der Waals surface area contributed by atoms with Crippen LogP contribution in [0, 0.1) is 5.82 Å². The molecule has 0 fully saturated rings. The molecule has 0 saturated heterocycles. The molecule has 4 nitrogen and oxygen atoms in total. The fourth-order valence-electron chi connectivity index (χ4n) is 1.37. The zero-order valence-corrected chi connectivity index (χ0v) is 8.77. The normalized spacial score (nSPS) is 10.6. The first kappa shape index (κ1) is 10.6. The molecule has 0 saturated carbocycles. The van der Waals surface area contributed by atoms with Crippen LogP contribution >= 0.6 is 0 Å². The number of phenolic OH excluding ortho intramolecular Hbond substituents is 1. The maximum atomic E-state index is 13.4. The second kappa shape index (κ2) is 4.30. The van der Waals surface area contributed by atoms with Gasteiger partial charge in [0.05, 0.1) is 5.56 Å². The Hall–Kier alpha value is -1.91. The first-order valence-corrected chi connectivity index (χ1v) is 5.02. The molecule has 16 heavy (non-hydrogen) atoms. The highest BCUT2D eigenvalue weighted by Gasteiger charge is 2.13. The molecule has 1 aromatic carbocycles. The lowest BCUT2D eigenvalue weighted by atomic mass is 10.2. The van der Waals surface area contributed by atoms with Gasteiger partial charge in [-0.15, -0.1) is 0 Å². The Morgan fingerprint density at radius 2 is 2.25 bits per heavy atom. The molecule has 0 radical (unpaired) electrons. The predicted molar refractivity (Wildman–Crippen MR) is 55.4 cm³/mol. The van der Waals surface area contributed by atoms with Gasteiger partial charge in [-0.05, 0) is 18.6 Å². The van der Waals surface area contributed by atoms with Crippen molar-refractivity contribution in [1.82, 2.24) is 10.1 Å². The summed E-state index contributed by atoms with van der Waals surface area (Å²) in [6.45, 7) is 2.00. The summed E-state index contributed by atoms with van der Waals surface area (Å²) < 4.78 is 18.4. The Morgan fingerprint density at radius 3 is 2.94 bits per heavy atom. The van der Waals surface area contributed by atoms with E-state index in [0.717, 1.165) is 12.5 Å². The predicted octanol–water partition coefficient (Wildman–Crippen LogP) is 2.53. The average Bonchev–Trinajstić information content (AvgIpc) is 2.67. The fourth-order valence-corrected chi connectivity index (χ4v) is 1.37. The summed E-state index contributed by atoms with van der Waals surface area (Å²) in [4.78, 5) is 4.06. The van der Waals surface area contributed by atoms with Crippen molar-refractivity contribution in [3.8, 4) is 17.2 Å². The molecule has 0 aliphatic carbocycles. The van der Waals surface area contributed by atoms with Gasteiger partial charge in [-0.1, -0.05) is 12.1 Å². The van der Waals surface area contributed by atoms with Crippen LogP contribution in [-0.2, 0) is 6.42 Å². The quantitative estimate of drug-likeness (QED) is 0.866. The molecule has 0 spiro atoms. The molecule has 5 heteroatoms. The number of phenols is 1. The SMILES string of the molecule is CCCc1noc(-c2ccc(O)cc2F)n1. The van der Waals surface area contributed by atoms with Gasteiger partial charge >= 0.3 is 0 Å². The van der Waals surface area contributed by atoms with Crippen LogP contribution in [0.3, 0.4) is 0 Å². The number of hydrogen-bond donors (Lipinski definition) is 1. The fraction of sp³-hybridized carbons (Fsp3) is 0.273. The summed E-state index contributed by atoms with van der Waals surface area (Å²) in [7, 11) is 0. The number of aromatic hydroxyl groups is 1. The van der Waals surface area contributed by atoms with Crippen molar-refractivity contribution in [2.75, 3.05) is 0 Å². The van der Waals surface area contributed by atoms with Gasteiger partial charge in [0, 0.05) is 12.5 Å². The molecule has 1 aromatic heterocycles. The van der Waals surface area contributed by atoms with Crippen LogP contribution in [0.25, 0.3) is 11.5 Å². The molecule has 0 amide bonds. The molecular formula is C11H11FN2O2. The van der Waals surface area contributed by atoms with Crippen molar-refractivity contribution in [2.45, 2.75) is 19.8 Å². The van der Waals surface area contributed by atoms with Crippen LogP contribution in [0.4, 0.5) is 4.39 Å². The third-order valence-electron chi connectivity index (χ3n) is 2.12. The summed E-state index contributed by atoms with van der Waals surface area (Å²) >= 11 is 0. The standard InChI is InChI=1S/C11H11FN2O2/c1-2-3-10-13-11(16-14-10)8-5-4-7(15)6-9(8)12/h4-6,15H,2-3H2,1H3. The van der Waals surface area contributed by atoms with E-state index in [0.29, 0.717) is 12.2 Å². The van der Waals surface area contributed by atoms with Gasteiger partial charge in [-0.3, -0.25) is 0 Å². The number of rotatable bonds is 3. The lowest BCUT2D eigenvalue weighted by Gasteiger charge is -1.97. The Balaban J connectivity index is 2.35. The summed E-state index contributed by atoms with van der Waals surface area (Å²) in [6.07, 6.45) is 1.60. The van der Waals surface area contributed by atoms with Crippen LogP contribution in [0.15, 0.2) is 22.7 Å². The van der Waals surface area contributed by atoms with Gasteiger partial charge in [0.2, 0.25) is 0 Å².